The third-order valence-electron chi connectivity index (χ3n) is 8.26. The quantitative estimate of drug-likeness (QED) is 0.204. The van der Waals surface area contributed by atoms with Crippen molar-refractivity contribution < 1.29 is 18.0 Å². The Hall–Kier alpha value is -5.69. The predicted octanol–water partition coefficient (Wildman–Crippen LogP) is 9.66. The van der Waals surface area contributed by atoms with Gasteiger partial charge in [0.2, 0.25) is 5.91 Å². The van der Waals surface area contributed by atoms with Crippen LogP contribution in [0.15, 0.2) is 127 Å². The Morgan fingerprint density at radius 2 is 1.28 bits per heavy atom. The molecule has 0 aliphatic rings. The van der Waals surface area contributed by atoms with Crippen molar-refractivity contribution in [2.24, 2.45) is 5.73 Å². The van der Waals surface area contributed by atoms with Crippen molar-refractivity contribution in [1.82, 2.24) is 9.55 Å². The summed E-state index contributed by atoms with van der Waals surface area (Å²) in [6, 6.07) is 39.3. The second-order valence-electron chi connectivity index (χ2n) is 11.5. The lowest BCUT2D eigenvalue weighted by molar-refractivity contribution is -0.137. The van der Waals surface area contributed by atoms with E-state index in [4.69, 9.17) is 10.7 Å². The van der Waals surface area contributed by atoms with Gasteiger partial charge in [-0.1, -0.05) is 84.9 Å². The van der Waals surface area contributed by atoms with Crippen molar-refractivity contribution in [2.75, 3.05) is 0 Å². The lowest BCUT2D eigenvalue weighted by atomic mass is 9.99. The first kappa shape index (κ1) is 29.0. The van der Waals surface area contributed by atoms with Crippen LogP contribution in [0.25, 0.3) is 55.4 Å². The number of benzene rings is 6. The number of rotatable bonds is 6. The van der Waals surface area contributed by atoms with Crippen LogP contribution < -0.4 is 5.73 Å². The number of nitrogens with zero attached hydrogens (tertiary/aromatic N) is 2. The molecule has 2 N–H and O–H groups in total. The van der Waals surface area contributed by atoms with Gasteiger partial charge in [-0.15, -0.1) is 0 Å². The molecule has 0 saturated carbocycles. The molecule has 7 rings (SSSR count). The Kier molecular flexibility index (Phi) is 7.16. The molecular weight excluding hydrogens is 583 g/mol. The van der Waals surface area contributed by atoms with Crippen molar-refractivity contribution in [2.45, 2.75) is 19.6 Å². The number of imidazole rings is 1. The number of hydrogen-bond acceptors (Lipinski definition) is 2. The Labute approximate surface area is 263 Å². The van der Waals surface area contributed by atoms with Gasteiger partial charge in [-0.25, -0.2) is 4.98 Å². The van der Waals surface area contributed by atoms with Gasteiger partial charge in [0.1, 0.15) is 5.82 Å². The number of carbonyl (C=O) groups is 1. The number of hydrogen-bond donors (Lipinski definition) is 1. The summed E-state index contributed by atoms with van der Waals surface area (Å²) in [5, 5.41) is 4.19. The monoisotopic (exact) mass is 611 g/mol. The molecule has 46 heavy (non-hydrogen) atoms. The topological polar surface area (TPSA) is 60.9 Å². The fourth-order valence-corrected chi connectivity index (χ4v) is 6.03. The number of fused-ring (bicyclic) bond motifs is 2. The van der Waals surface area contributed by atoms with E-state index in [1.165, 1.54) is 0 Å². The van der Waals surface area contributed by atoms with Gasteiger partial charge in [-0.05, 0) is 82.1 Å². The third kappa shape index (κ3) is 5.52. The second kappa shape index (κ2) is 11.3. The van der Waals surface area contributed by atoms with Crippen LogP contribution in [-0.2, 0) is 12.7 Å². The standard InChI is InChI=1S/C39H28F3N3O/c1-24-18-33(22-34(19-24)39(40,41)42)38-44-35(31-16-14-26-6-2-4-8-29(26)20-31)36(32-17-15-27-7-3-5-9-30(27)21-32)45(38)23-25-10-12-28(13-11-25)37(43)46/h2-22H,23H2,1H3,(H2,43,46). The zero-order valence-electron chi connectivity index (χ0n) is 24.8. The van der Waals surface area contributed by atoms with Crippen LogP contribution in [0.2, 0.25) is 0 Å². The van der Waals surface area contributed by atoms with E-state index in [0.717, 1.165) is 56.1 Å². The van der Waals surface area contributed by atoms with E-state index in [9.17, 15) is 18.0 Å². The fourth-order valence-electron chi connectivity index (χ4n) is 6.03. The summed E-state index contributed by atoms with van der Waals surface area (Å²) in [5.74, 6) is -0.135. The molecule has 0 saturated heterocycles. The van der Waals surface area contributed by atoms with Crippen LogP contribution in [0.3, 0.4) is 0 Å². The van der Waals surface area contributed by atoms with E-state index in [1.807, 2.05) is 77.4 Å². The van der Waals surface area contributed by atoms with Crippen LogP contribution in [0.1, 0.15) is 27.0 Å². The SMILES string of the molecule is Cc1cc(-c2nc(-c3ccc4ccccc4c3)c(-c3ccc4ccccc4c3)n2Cc2ccc(C(N)=O)cc2)cc(C(F)(F)F)c1. The average molecular weight is 612 g/mol. The van der Waals surface area contributed by atoms with Crippen molar-refractivity contribution in [1.29, 1.82) is 0 Å². The summed E-state index contributed by atoms with van der Waals surface area (Å²) >= 11 is 0. The van der Waals surface area contributed by atoms with E-state index in [2.05, 4.69) is 12.1 Å². The van der Waals surface area contributed by atoms with Gasteiger partial charge in [0, 0.05) is 28.8 Å². The Balaban J connectivity index is 1.54. The summed E-state index contributed by atoms with van der Waals surface area (Å²) in [4.78, 5) is 16.9. The molecule has 1 heterocycles. The van der Waals surface area contributed by atoms with Gasteiger partial charge in [0.05, 0.1) is 17.0 Å². The molecule has 7 aromatic rings. The molecule has 0 unspecified atom stereocenters. The lowest BCUT2D eigenvalue weighted by Gasteiger charge is -2.16. The third-order valence-corrected chi connectivity index (χ3v) is 8.26. The molecule has 7 heteroatoms. The van der Waals surface area contributed by atoms with Crippen molar-refractivity contribution in [3.63, 3.8) is 0 Å². The zero-order chi connectivity index (χ0) is 32.0. The van der Waals surface area contributed by atoms with Crippen LogP contribution in [-0.4, -0.2) is 15.5 Å². The molecule has 6 aromatic carbocycles. The summed E-state index contributed by atoms with van der Waals surface area (Å²) in [5.41, 5.74) is 9.93. The van der Waals surface area contributed by atoms with E-state index in [0.29, 0.717) is 28.2 Å². The van der Waals surface area contributed by atoms with Crippen molar-refractivity contribution >= 4 is 27.5 Å². The average Bonchev–Trinajstić information content (AvgIpc) is 3.42. The highest BCUT2D eigenvalue weighted by Gasteiger charge is 2.32. The first-order valence-electron chi connectivity index (χ1n) is 14.8. The number of primary amides is 1. The summed E-state index contributed by atoms with van der Waals surface area (Å²) in [6.07, 6.45) is -4.52. The van der Waals surface area contributed by atoms with Crippen LogP contribution in [0.4, 0.5) is 13.2 Å². The van der Waals surface area contributed by atoms with Crippen LogP contribution in [0, 0.1) is 6.92 Å². The molecular formula is C39H28F3N3O. The van der Waals surface area contributed by atoms with E-state index >= 15 is 0 Å². The fraction of sp³-hybridized carbons (Fsp3) is 0.0769. The molecule has 0 fully saturated rings. The number of aromatic nitrogens is 2. The highest BCUT2D eigenvalue weighted by atomic mass is 19.4. The molecule has 0 aliphatic carbocycles. The first-order valence-corrected chi connectivity index (χ1v) is 14.8. The molecule has 1 amide bonds. The molecule has 0 aliphatic heterocycles. The van der Waals surface area contributed by atoms with Gasteiger partial charge in [-0.2, -0.15) is 13.2 Å². The van der Waals surface area contributed by atoms with Gasteiger partial charge in [0.25, 0.3) is 0 Å². The van der Waals surface area contributed by atoms with Crippen molar-refractivity contribution in [3.8, 4) is 33.9 Å². The highest BCUT2D eigenvalue weighted by Crippen LogP contribution is 2.40. The maximum Gasteiger partial charge on any atom is 0.416 e. The highest BCUT2D eigenvalue weighted by molar-refractivity contribution is 5.94. The minimum atomic E-state index is -4.52. The number of halogens is 3. The normalized spacial score (nSPS) is 11.7. The number of alkyl halides is 3. The van der Waals surface area contributed by atoms with E-state index in [1.54, 1.807) is 37.3 Å². The molecule has 1 aromatic heterocycles. The number of aryl methyl sites for hydroxylation is 1. The Morgan fingerprint density at radius 3 is 1.89 bits per heavy atom. The van der Waals surface area contributed by atoms with Gasteiger partial charge in [0.15, 0.2) is 0 Å². The van der Waals surface area contributed by atoms with Gasteiger partial charge >= 0.3 is 6.18 Å². The maximum atomic E-state index is 14.1. The molecule has 0 bridgehead atoms. The van der Waals surface area contributed by atoms with Crippen LogP contribution in [0.5, 0.6) is 0 Å². The first-order chi connectivity index (χ1) is 22.1. The minimum absolute atomic E-state index is 0.284. The van der Waals surface area contributed by atoms with E-state index < -0.39 is 17.6 Å². The van der Waals surface area contributed by atoms with Crippen LogP contribution >= 0.6 is 0 Å². The minimum Gasteiger partial charge on any atom is -0.366 e. The number of nitrogens with two attached hydrogens (primary N) is 1. The predicted molar refractivity (Wildman–Crippen MR) is 177 cm³/mol. The largest absolute Gasteiger partial charge is 0.416 e. The van der Waals surface area contributed by atoms with E-state index in [-0.39, 0.29) is 6.54 Å². The Morgan fingerprint density at radius 1 is 0.696 bits per heavy atom. The molecule has 4 nitrogen and oxygen atoms in total. The number of amides is 1. The summed E-state index contributed by atoms with van der Waals surface area (Å²) in [6.45, 7) is 1.94. The number of carbonyl (C=O) groups excluding carboxylic acids is 1. The smallest absolute Gasteiger partial charge is 0.366 e. The summed E-state index contributed by atoms with van der Waals surface area (Å²) < 4.78 is 44.2. The second-order valence-corrected chi connectivity index (χ2v) is 11.5. The van der Waals surface area contributed by atoms with Crippen molar-refractivity contribution in [3.05, 3.63) is 150 Å². The maximum absolute atomic E-state index is 14.1. The zero-order valence-corrected chi connectivity index (χ0v) is 24.8. The molecule has 0 atom stereocenters. The lowest BCUT2D eigenvalue weighted by Crippen LogP contribution is -2.11. The summed E-state index contributed by atoms with van der Waals surface area (Å²) in [7, 11) is 0. The van der Waals surface area contributed by atoms with Gasteiger partial charge < -0.3 is 10.3 Å². The Bertz CT molecular complexity index is 2270. The van der Waals surface area contributed by atoms with Gasteiger partial charge in [-0.3, -0.25) is 4.79 Å². The molecule has 226 valence electrons. The molecule has 0 radical (unpaired) electrons. The molecule has 0 spiro atoms.